The van der Waals surface area contributed by atoms with Crippen molar-refractivity contribution in [2.45, 2.75) is 38.0 Å². The number of halogens is 5. The van der Waals surface area contributed by atoms with Gasteiger partial charge in [0.05, 0.1) is 10.9 Å². The van der Waals surface area contributed by atoms with Crippen molar-refractivity contribution in [1.29, 1.82) is 0 Å². The Bertz CT molecular complexity index is 1510. The van der Waals surface area contributed by atoms with Crippen LogP contribution in [0.2, 0.25) is 0 Å². The van der Waals surface area contributed by atoms with E-state index in [1.54, 1.807) is 12.1 Å². The number of nitrogens with zero attached hydrogens (tertiary/aromatic N) is 3. The highest BCUT2D eigenvalue weighted by atomic mass is 19.4. The van der Waals surface area contributed by atoms with Crippen molar-refractivity contribution in [2.24, 2.45) is 5.41 Å². The monoisotopic (exact) mass is 507 g/mol. The van der Waals surface area contributed by atoms with Crippen LogP contribution in [0, 0.1) is 28.9 Å². The first-order chi connectivity index (χ1) is 16.8. The SMILES string of the molecule is O=c1nc(N2CCCc3c(C#CC4(C(F)(F)F)CC4)cccc32)c2c(F)c(F)ccc2n1C(O)(O)O. The van der Waals surface area contributed by atoms with Crippen LogP contribution in [0.1, 0.15) is 30.4 Å². The van der Waals surface area contributed by atoms with E-state index >= 15 is 4.39 Å². The van der Waals surface area contributed by atoms with Gasteiger partial charge >= 0.3 is 18.0 Å². The smallest absolute Gasteiger partial charge is 0.325 e. The fourth-order valence-electron chi connectivity index (χ4n) is 4.48. The lowest BCUT2D eigenvalue weighted by atomic mass is 9.95. The van der Waals surface area contributed by atoms with Crippen LogP contribution in [-0.4, -0.2) is 37.6 Å². The fraction of sp³-hybridized carbons (Fsp3) is 0.333. The van der Waals surface area contributed by atoms with E-state index in [0.717, 1.165) is 6.07 Å². The van der Waals surface area contributed by atoms with Crippen LogP contribution in [-0.2, 0) is 12.5 Å². The predicted octanol–water partition coefficient (Wildman–Crippen LogP) is 3.00. The van der Waals surface area contributed by atoms with Gasteiger partial charge in [0.1, 0.15) is 5.41 Å². The molecule has 1 aliphatic carbocycles. The van der Waals surface area contributed by atoms with Crippen LogP contribution in [0.15, 0.2) is 35.1 Å². The molecule has 0 saturated heterocycles. The zero-order valence-electron chi connectivity index (χ0n) is 18.4. The first-order valence-corrected chi connectivity index (χ1v) is 10.9. The first-order valence-electron chi connectivity index (χ1n) is 10.9. The van der Waals surface area contributed by atoms with Crippen LogP contribution >= 0.6 is 0 Å². The summed E-state index contributed by atoms with van der Waals surface area (Å²) in [5.41, 5.74) is -2.68. The van der Waals surface area contributed by atoms with Crippen molar-refractivity contribution in [3.8, 4) is 11.8 Å². The third-order valence-corrected chi connectivity index (χ3v) is 6.47. The molecule has 0 atom stereocenters. The summed E-state index contributed by atoms with van der Waals surface area (Å²) in [6, 6.07) is 6.21. The molecular formula is C24H18F5N3O4. The molecule has 1 saturated carbocycles. The van der Waals surface area contributed by atoms with Crippen molar-refractivity contribution in [3.63, 3.8) is 0 Å². The van der Waals surface area contributed by atoms with Gasteiger partial charge in [0.15, 0.2) is 17.5 Å². The van der Waals surface area contributed by atoms with E-state index in [9.17, 15) is 37.7 Å². The number of hydrogen-bond donors (Lipinski definition) is 3. The number of rotatable bonds is 2. The second-order valence-electron chi connectivity index (χ2n) is 8.80. The third-order valence-electron chi connectivity index (χ3n) is 6.47. The molecule has 3 aromatic rings. The standard InChI is InChI=1S/C24H18F5N3O4/c25-15-6-7-17-18(19(15)26)20(30-21(33)32(17)24(34,35)36)31-12-2-4-14-13(3-1-5-16(14)31)8-9-22(10-11-22)23(27,28)29/h1,3,5-7,34-36H,2,4,10-12H2. The summed E-state index contributed by atoms with van der Waals surface area (Å²) >= 11 is 0. The van der Waals surface area contributed by atoms with Gasteiger partial charge in [-0.15, -0.1) is 0 Å². The Hall–Kier alpha value is -3.53. The highest BCUT2D eigenvalue weighted by molar-refractivity contribution is 5.93. The molecule has 0 unspecified atom stereocenters. The van der Waals surface area contributed by atoms with Gasteiger partial charge in [0.2, 0.25) is 0 Å². The van der Waals surface area contributed by atoms with Gasteiger partial charge in [-0.3, -0.25) is 0 Å². The maximum absolute atomic E-state index is 15.0. The number of aromatic nitrogens is 2. The zero-order valence-corrected chi connectivity index (χ0v) is 18.4. The minimum Gasteiger partial charge on any atom is -0.325 e. The van der Waals surface area contributed by atoms with Crippen molar-refractivity contribution in [1.82, 2.24) is 9.55 Å². The summed E-state index contributed by atoms with van der Waals surface area (Å²) in [4.78, 5) is 17.7. The minimum absolute atomic E-state index is 0.00662. The van der Waals surface area contributed by atoms with Crippen LogP contribution < -0.4 is 10.6 Å². The Morgan fingerprint density at radius 3 is 2.42 bits per heavy atom. The van der Waals surface area contributed by atoms with E-state index in [1.165, 1.54) is 11.0 Å². The molecule has 2 aliphatic rings. The molecule has 0 bridgehead atoms. The summed E-state index contributed by atoms with van der Waals surface area (Å²) in [7, 11) is 0. The average Bonchev–Trinajstić information content (AvgIpc) is 3.60. The summed E-state index contributed by atoms with van der Waals surface area (Å²) in [6.07, 6.45) is -7.51. The van der Waals surface area contributed by atoms with Crippen LogP contribution in [0.5, 0.6) is 0 Å². The summed E-state index contributed by atoms with van der Waals surface area (Å²) < 4.78 is 69.2. The van der Waals surface area contributed by atoms with Gasteiger partial charge < -0.3 is 20.2 Å². The number of hydrogen-bond acceptors (Lipinski definition) is 6. The van der Waals surface area contributed by atoms with Crippen LogP contribution in [0.4, 0.5) is 33.5 Å². The molecule has 1 aliphatic heterocycles. The highest BCUT2D eigenvalue weighted by Gasteiger charge is 2.62. The number of anilines is 2. The molecule has 188 valence electrons. The molecule has 1 fully saturated rings. The molecular weight excluding hydrogens is 489 g/mol. The van der Waals surface area contributed by atoms with Gasteiger partial charge in [0.25, 0.3) is 0 Å². The molecule has 7 nitrogen and oxygen atoms in total. The number of alkyl halides is 3. The number of benzene rings is 2. The first kappa shape index (κ1) is 24.2. The molecule has 36 heavy (non-hydrogen) atoms. The Balaban J connectivity index is 1.70. The van der Waals surface area contributed by atoms with E-state index in [2.05, 4.69) is 16.8 Å². The Kier molecular flexibility index (Phi) is 5.37. The van der Waals surface area contributed by atoms with E-state index in [1.807, 2.05) is 0 Å². The van der Waals surface area contributed by atoms with Gasteiger partial charge in [-0.1, -0.05) is 17.9 Å². The van der Waals surface area contributed by atoms with Gasteiger partial charge in [0, 0.05) is 17.8 Å². The zero-order chi connectivity index (χ0) is 26.0. The number of fused-ring (bicyclic) bond motifs is 2. The van der Waals surface area contributed by atoms with Gasteiger partial charge in [-0.2, -0.15) is 18.2 Å². The van der Waals surface area contributed by atoms with E-state index in [4.69, 9.17) is 0 Å². The molecule has 12 heteroatoms. The number of aliphatic hydroxyl groups is 3. The lowest BCUT2D eigenvalue weighted by molar-refractivity contribution is -0.374. The lowest BCUT2D eigenvalue weighted by Gasteiger charge is -2.32. The lowest BCUT2D eigenvalue weighted by Crippen LogP contribution is -2.43. The van der Waals surface area contributed by atoms with Crippen molar-refractivity contribution in [3.05, 3.63) is 63.6 Å². The van der Waals surface area contributed by atoms with E-state index < -0.39 is 45.9 Å². The molecule has 2 aromatic carbocycles. The molecule has 5 rings (SSSR count). The van der Waals surface area contributed by atoms with Gasteiger partial charge in [-0.05, 0) is 55.5 Å². The summed E-state index contributed by atoms with van der Waals surface area (Å²) in [5, 5.41) is 28.3. The minimum atomic E-state index is -4.45. The van der Waals surface area contributed by atoms with E-state index in [0.29, 0.717) is 35.7 Å². The topological polar surface area (TPSA) is 98.8 Å². The second-order valence-corrected chi connectivity index (χ2v) is 8.80. The maximum Gasteiger partial charge on any atom is 0.405 e. The molecule has 0 amide bonds. The molecule has 2 heterocycles. The van der Waals surface area contributed by atoms with Crippen LogP contribution in [0.3, 0.4) is 0 Å². The van der Waals surface area contributed by atoms with Gasteiger partial charge in [-0.25, -0.2) is 18.1 Å². The fourth-order valence-corrected chi connectivity index (χ4v) is 4.48. The van der Waals surface area contributed by atoms with E-state index in [-0.39, 0.29) is 29.8 Å². The largest absolute Gasteiger partial charge is 0.405 e. The molecule has 3 N–H and O–H groups in total. The Morgan fingerprint density at radius 1 is 1.06 bits per heavy atom. The highest BCUT2D eigenvalue weighted by Crippen LogP contribution is 2.57. The quantitative estimate of drug-likeness (QED) is 0.280. The molecule has 0 radical (unpaired) electrons. The Labute approximate surface area is 200 Å². The predicted molar refractivity (Wildman–Crippen MR) is 117 cm³/mol. The summed E-state index contributed by atoms with van der Waals surface area (Å²) in [6.45, 7) is 0.181. The van der Waals surface area contributed by atoms with Crippen molar-refractivity contribution < 1.29 is 37.3 Å². The average molecular weight is 507 g/mol. The Morgan fingerprint density at radius 2 is 1.78 bits per heavy atom. The third kappa shape index (κ3) is 3.80. The molecule has 1 aromatic heterocycles. The van der Waals surface area contributed by atoms with Crippen molar-refractivity contribution >= 4 is 22.4 Å². The maximum atomic E-state index is 15.0. The molecule has 0 spiro atoms. The van der Waals surface area contributed by atoms with Crippen molar-refractivity contribution in [2.75, 3.05) is 11.4 Å². The summed E-state index contributed by atoms with van der Waals surface area (Å²) in [5.74, 6) is 1.88. The normalized spacial score (nSPS) is 16.9. The van der Waals surface area contributed by atoms with Crippen LogP contribution in [0.25, 0.3) is 10.9 Å². The second kappa shape index (κ2) is 7.99.